The fourth-order valence-corrected chi connectivity index (χ4v) is 1.36. The van der Waals surface area contributed by atoms with E-state index in [4.69, 9.17) is 22.4 Å². The van der Waals surface area contributed by atoms with E-state index < -0.39 is 5.97 Å². The lowest BCUT2D eigenvalue weighted by molar-refractivity contribution is 0.0698. The second-order valence-corrected chi connectivity index (χ2v) is 2.92. The monoisotopic (exact) mass is 185 g/mol. The van der Waals surface area contributed by atoms with Crippen LogP contribution in [0.1, 0.15) is 15.9 Å². The van der Waals surface area contributed by atoms with Gasteiger partial charge in [-0.2, -0.15) is 0 Å². The normalized spacial score (nSPS) is 9.83. The molecule has 12 heavy (non-hydrogen) atoms. The molecule has 0 spiro atoms. The number of halogens is 1. The van der Waals surface area contributed by atoms with Crippen molar-refractivity contribution in [2.75, 3.05) is 5.73 Å². The standard InChI is InChI=1S/C8H8ClNO2/c1-4-2-5(9)7(8(11)12)6(10)3-4/h2-3H,10H2,1H3,(H,11,12). The molecule has 1 rings (SSSR count). The summed E-state index contributed by atoms with van der Waals surface area (Å²) in [4.78, 5) is 10.6. The number of aromatic carboxylic acids is 1. The summed E-state index contributed by atoms with van der Waals surface area (Å²) in [6.07, 6.45) is 0. The van der Waals surface area contributed by atoms with E-state index >= 15 is 0 Å². The fourth-order valence-electron chi connectivity index (χ4n) is 0.995. The summed E-state index contributed by atoms with van der Waals surface area (Å²) in [6, 6.07) is 3.15. The van der Waals surface area contributed by atoms with Crippen LogP contribution in [0.4, 0.5) is 5.69 Å². The number of carboxylic acid groups (broad SMARTS) is 1. The largest absolute Gasteiger partial charge is 0.478 e. The van der Waals surface area contributed by atoms with Crippen molar-refractivity contribution in [3.05, 3.63) is 28.3 Å². The molecule has 0 amide bonds. The predicted molar refractivity (Wildman–Crippen MR) is 47.6 cm³/mol. The molecular formula is C8H8ClNO2. The Morgan fingerprint density at radius 2 is 2.17 bits per heavy atom. The molecular weight excluding hydrogens is 178 g/mol. The van der Waals surface area contributed by atoms with Gasteiger partial charge in [0, 0.05) is 5.69 Å². The van der Waals surface area contributed by atoms with Gasteiger partial charge in [0.05, 0.1) is 5.02 Å². The first-order chi connectivity index (χ1) is 5.52. The average molecular weight is 186 g/mol. The van der Waals surface area contributed by atoms with Crippen LogP contribution in [0.2, 0.25) is 5.02 Å². The highest BCUT2D eigenvalue weighted by Crippen LogP contribution is 2.23. The maximum Gasteiger partial charge on any atom is 0.339 e. The number of aryl methyl sites for hydroxylation is 1. The van der Waals surface area contributed by atoms with Crippen molar-refractivity contribution < 1.29 is 9.90 Å². The smallest absolute Gasteiger partial charge is 0.339 e. The van der Waals surface area contributed by atoms with Crippen molar-refractivity contribution >= 4 is 23.3 Å². The molecule has 0 aliphatic heterocycles. The van der Waals surface area contributed by atoms with Crippen molar-refractivity contribution in [3.8, 4) is 0 Å². The summed E-state index contributed by atoms with van der Waals surface area (Å²) < 4.78 is 0. The number of rotatable bonds is 1. The highest BCUT2D eigenvalue weighted by molar-refractivity contribution is 6.34. The van der Waals surface area contributed by atoms with Crippen molar-refractivity contribution in [1.29, 1.82) is 0 Å². The summed E-state index contributed by atoms with van der Waals surface area (Å²) in [5.74, 6) is -1.10. The molecule has 0 atom stereocenters. The second-order valence-electron chi connectivity index (χ2n) is 2.52. The Balaban J connectivity index is 3.38. The third-order valence-corrected chi connectivity index (χ3v) is 1.78. The summed E-state index contributed by atoms with van der Waals surface area (Å²) in [5, 5.41) is 8.85. The van der Waals surface area contributed by atoms with Gasteiger partial charge in [-0.15, -0.1) is 0 Å². The Labute approximate surface area is 74.8 Å². The van der Waals surface area contributed by atoms with E-state index in [1.54, 1.807) is 19.1 Å². The van der Waals surface area contributed by atoms with E-state index in [-0.39, 0.29) is 16.3 Å². The van der Waals surface area contributed by atoms with Gasteiger partial charge in [-0.25, -0.2) is 4.79 Å². The number of carbonyl (C=O) groups is 1. The first kappa shape index (κ1) is 8.87. The molecule has 0 saturated carbocycles. The molecule has 0 unspecified atom stereocenters. The van der Waals surface area contributed by atoms with Gasteiger partial charge in [0.25, 0.3) is 0 Å². The third-order valence-electron chi connectivity index (χ3n) is 1.48. The lowest BCUT2D eigenvalue weighted by Crippen LogP contribution is -2.03. The quantitative estimate of drug-likeness (QED) is 0.658. The topological polar surface area (TPSA) is 63.3 Å². The summed E-state index contributed by atoms with van der Waals surface area (Å²) in [6.45, 7) is 1.80. The number of hydrogen-bond acceptors (Lipinski definition) is 2. The van der Waals surface area contributed by atoms with Gasteiger partial charge in [-0.3, -0.25) is 0 Å². The van der Waals surface area contributed by atoms with Gasteiger partial charge in [0.15, 0.2) is 0 Å². The third kappa shape index (κ3) is 1.51. The molecule has 0 aliphatic carbocycles. The van der Waals surface area contributed by atoms with E-state index in [1.165, 1.54) is 0 Å². The Hall–Kier alpha value is -1.22. The molecule has 64 valence electrons. The molecule has 1 aromatic rings. The Kier molecular flexibility index (Phi) is 2.24. The average Bonchev–Trinajstić information content (AvgIpc) is 1.82. The number of nitrogens with two attached hydrogens (primary N) is 1. The molecule has 0 aliphatic rings. The van der Waals surface area contributed by atoms with Gasteiger partial charge in [-0.1, -0.05) is 11.6 Å². The van der Waals surface area contributed by atoms with Crippen LogP contribution < -0.4 is 5.73 Å². The van der Waals surface area contributed by atoms with Gasteiger partial charge in [0.1, 0.15) is 5.56 Å². The van der Waals surface area contributed by atoms with Crippen LogP contribution in [0.5, 0.6) is 0 Å². The van der Waals surface area contributed by atoms with Crippen molar-refractivity contribution in [1.82, 2.24) is 0 Å². The zero-order valence-electron chi connectivity index (χ0n) is 6.47. The van der Waals surface area contributed by atoms with E-state index in [0.29, 0.717) is 0 Å². The molecule has 0 heterocycles. The molecule has 1 aromatic carbocycles. The molecule has 0 radical (unpaired) electrons. The maximum atomic E-state index is 10.6. The number of carboxylic acids is 1. The zero-order valence-corrected chi connectivity index (χ0v) is 7.22. The Morgan fingerprint density at radius 3 is 2.58 bits per heavy atom. The first-order valence-corrected chi connectivity index (χ1v) is 3.69. The number of benzene rings is 1. The number of nitrogen functional groups attached to an aromatic ring is 1. The van der Waals surface area contributed by atoms with Crippen LogP contribution >= 0.6 is 11.6 Å². The summed E-state index contributed by atoms with van der Waals surface area (Å²) in [7, 11) is 0. The number of hydrogen-bond donors (Lipinski definition) is 2. The molecule has 0 bridgehead atoms. The predicted octanol–water partition coefficient (Wildman–Crippen LogP) is 1.93. The van der Waals surface area contributed by atoms with Gasteiger partial charge >= 0.3 is 5.97 Å². The van der Waals surface area contributed by atoms with Crippen LogP contribution in [0.25, 0.3) is 0 Å². The number of anilines is 1. The van der Waals surface area contributed by atoms with Crippen LogP contribution in [0.3, 0.4) is 0 Å². The van der Waals surface area contributed by atoms with Crippen LogP contribution in [-0.2, 0) is 0 Å². The fraction of sp³-hybridized carbons (Fsp3) is 0.125. The van der Waals surface area contributed by atoms with Crippen molar-refractivity contribution in [2.24, 2.45) is 0 Å². The van der Waals surface area contributed by atoms with Gasteiger partial charge < -0.3 is 10.8 Å². The molecule has 3 nitrogen and oxygen atoms in total. The van der Waals surface area contributed by atoms with E-state index in [1.807, 2.05) is 0 Å². The highest BCUT2D eigenvalue weighted by atomic mass is 35.5. The second kappa shape index (κ2) is 3.03. The van der Waals surface area contributed by atoms with E-state index in [2.05, 4.69) is 0 Å². The minimum absolute atomic E-state index is 0.0257. The van der Waals surface area contributed by atoms with Crippen LogP contribution in [-0.4, -0.2) is 11.1 Å². The van der Waals surface area contributed by atoms with E-state index in [0.717, 1.165) is 5.56 Å². The molecule has 0 aromatic heterocycles. The van der Waals surface area contributed by atoms with Gasteiger partial charge in [-0.05, 0) is 24.6 Å². The van der Waals surface area contributed by atoms with Gasteiger partial charge in [0.2, 0.25) is 0 Å². The Bertz CT molecular complexity index is 313. The van der Waals surface area contributed by atoms with Crippen molar-refractivity contribution in [3.63, 3.8) is 0 Å². The minimum Gasteiger partial charge on any atom is -0.478 e. The van der Waals surface area contributed by atoms with Crippen LogP contribution in [0.15, 0.2) is 12.1 Å². The highest BCUT2D eigenvalue weighted by Gasteiger charge is 2.12. The SMILES string of the molecule is Cc1cc(N)c(C(=O)O)c(Cl)c1. The van der Waals surface area contributed by atoms with Crippen molar-refractivity contribution in [2.45, 2.75) is 6.92 Å². The molecule has 0 saturated heterocycles. The molecule has 0 fully saturated rings. The molecule has 4 heteroatoms. The Morgan fingerprint density at radius 1 is 1.58 bits per heavy atom. The zero-order chi connectivity index (χ0) is 9.30. The lowest BCUT2D eigenvalue weighted by atomic mass is 10.1. The summed E-state index contributed by atoms with van der Waals surface area (Å²) in [5.41, 5.74) is 6.48. The first-order valence-electron chi connectivity index (χ1n) is 3.31. The minimum atomic E-state index is -1.10. The lowest BCUT2D eigenvalue weighted by Gasteiger charge is -2.03. The molecule has 3 N–H and O–H groups in total. The van der Waals surface area contributed by atoms with Crippen LogP contribution in [0, 0.1) is 6.92 Å². The summed E-state index contributed by atoms with van der Waals surface area (Å²) >= 11 is 5.67. The van der Waals surface area contributed by atoms with E-state index in [9.17, 15) is 4.79 Å². The maximum absolute atomic E-state index is 10.6.